The van der Waals surface area contributed by atoms with Gasteiger partial charge >= 0.3 is 0 Å². The zero-order chi connectivity index (χ0) is 11.5. The Morgan fingerprint density at radius 3 is 2.44 bits per heavy atom. The number of halogens is 1. The molecule has 0 N–H and O–H groups in total. The summed E-state index contributed by atoms with van der Waals surface area (Å²) in [6.07, 6.45) is 1.49. The SMILES string of the molecule is O=C1CCCC(=O)N1Cc1ccc(Cl)nn1. The van der Waals surface area contributed by atoms with Crippen LogP contribution in [0.1, 0.15) is 25.0 Å². The summed E-state index contributed by atoms with van der Waals surface area (Å²) in [6, 6.07) is 3.24. The molecule has 0 aromatic carbocycles. The van der Waals surface area contributed by atoms with Gasteiger partial charge < -0.3 is 0 Å². The summed E-state index contributed by atoms with van der Waals surface area (Å²) in [5, 5.41) is 7.77. The van der Waals surface area contributed by atoms with E-state index >= 15 is 0 Å². The van der Waals surface area contributed by atoms with Gasteiger partial charge in [0, 0.05) is 12.8 Å². The summed E-state index contributed by atoms with van der Waals surface area (Å²) in [4.78, 5) is 24.2. The topological polar surface area (TPSA) is 63.2 Å². The number of piperidine rings is 1. The summed E-state index contributed by atoms with van der Waals surface area (Å²) < 4.78 is 0. The number of amides is 2. The van der Waals surface area contributed by atoms with Gasteiger partial charge in [-0.1, -0.05) is 11.6 Å². The molecule has 2 amide bonds. The van der Waals surface area contributed by atoms with Crippen molar-refractivity contribution in [3.63, 3.8) is 0 Å². The van der Waals surface area contributed by atoms with Crippen LogP contribution < -0.4 is 0 Å². The molecule has 1 aliphatic heterocycles. The first-order chi connectivity index (χ1) is 7.66. The fraction of sp³-hybridized carbons (Fsp3) is 0.400. The quantitative estimate of drug-likeness (QED) is 0.727. The van der Waals surface area contributed by atoms with E-state index in [-0.39, 0.29) is 18.4 Å². The Labute approximate surface area is 97.4 Å². The van der Waals surface area contributed by atoms with Crippen molar-refractivity contribution >= 4 is 23.4 Å². The fourth-order valence-electron chi connectivity index (χ4n) is 1.57. The van der Waals surface area contributed by atoms with Crippen LogP contribution >= 0.6 is 11.6 Å². The molecular weight excluding hydrogens is 230 g/mol. The molecule has 1 saturated heterocycles. The number of aromatic nitrogens is 2. The van der Waals surface area contributed by atoms with Crippen LogP contribution in [0.5, 0.6) is 0 Å². The summed E-state index contributed by atoms with van der Waals surface area (Å²) in [5.41, 5.74) is 0.563. The molecule has 0 radical (unpaired) electrons. The zero-order valence-electron chi connectivity index (χ0n) is 8.52. The first-order valence-corrected chi connectivity index (χ1v) is 5.36. The normalized spacial score (nSPS) is 16.7. The van der Waals surface area contributed by atoms with Gasteiger partial charge in [0.2, 0.25) is 11.8 Å². The van der Waals surface area contributed by atoms with Crippen LogP contribution in [0.2, 0.25) is 5.15 Å². The van der Waals surface area contributed by atoms with Crippen LogP contribution in [0.4, 0.5) is 0 Å². The molecule has 16 heavy (non-hydrogen) atoms. The van der Waals surface area contributed by atoms with E-state index in [0.29, 0.717) is 30.1 Å². The van der Waals surface area contributed by atoms with Crippen LogP contribution in [0.3, 0.4) is 0 Å². The number of carbonyl (C=O) groups is 2. The minimum absolute atomic E-state index is 0.145. The van der Waals surface area contributed by atoms with Crippen molar-refractivity contribution in [2.45, 2.75) is 25.8 Å². The van der Waals surface area contributed by atoms with E-state index in [9.17, 15) is 9.59 Å². The highest BCUT2D eigenvalue weighted by Crippen LogP contribution is 2.15. The van der Waals surface area contributed by atoms with Crippen LogP contribution in [-0.2, 0) is 16.1 Å². The predicted molar refractivity (Wildman–Crippen MR) is 56.5 cm³/mol. The highest BCUT2D eigenvalue weighted by molar-refractivity contribution is 6.29. The third-order valence-corrected chi connectivity index (χ3v) is 2.59. The van der Waals surface area contributed by atoms with Gasteiger partial charge in [-0.3, -0.25) is 14.5 Å². The second-order valence-corrected chi connectivity index (χ2v) is 3.96. The Morgan fingerprint density at radius 2 is 1.88 bits per heavy atom. The molecule has 5 nitrogen and oxygen atoms in total. The molecule has 2 rings (SSSR count). The van der Waals surface area contributed by atoms with Crippen molar-refractivity contribution in [3.8, 4) is 0 Å². The third kappa shape index (κ3) is 2.36. The second kappa shape index (κ2) is 4.57. The lowest BCUT2D eigenvalue weighted by Crippen LogP contribution is -2.39. The summed E-state index contributed by atoms with van der Waals surface area (Å²) in [6.45, 7) is 0.182. The van der Waals surface area contributed by atoms with Crippen molar-refractivity contribution in [2.75, 3.05) is 0 Å². The van der Waals surface area contributed by atoms with Gasteiger partial charge in [0.05, 0.1) is 12.2 Å². The third-order valence-electron chi connectivity index (χ3n) is 2.39. The number of hydrogen-bond acceptors (Lipinski definition) is 4. The molecule has 0 atom stereocenters. The molecule has 6 heteroatoms. The zero-order valence-corrected chi connectivity index (χ0v) is 9.28. The highest BCUT2D eigenvalue weighted by atomic mass is 35.5. The number of likely N-dealkylation sites (tertiary alicyclic amines) is 1. The van der Waals surface area contributed by atoms with E-state index in [0.717, 1.165) is 0 Å². The van der Waals surface area contributed by atoms with Crippen LogP contribution in [0.25, 0.3) is 0 Å². The van der Waals surface area contributed by atoms with Crippen molar-refractivity contribution in [1.29, 1.82) is 0 Å². The maximum absolute atomic E-state index is 11.5. The molecule has 84 valence electrons. The largest absolute Gasteiger partial charge is 0.276 e. The molecule has 1 fully saturated rings. The summed E-state index contributed by atoms with van der Waals surface area (Å²) in [5.74, 6) is -0.291. The van der Waals surface area contributed by atoms with Gasteiger partial charge in [0.25, 0.3) is 0 Å². The monoisotopic (exact) mass is 239 g/mol. The Bertz CT molecular complexity index is 403. The molecule has 0 aliphatic carbocycles. The molecule has 0 saturated carbocycles. The van der Waals surface area contributed by atoms with Gasteiger partial charge in [-0.2, -0.15) is 5.10 Å². The summed E-state index contributed by atoms with van der Waals surface area (Å²) in [7, 11) is 0. The smallest absolute Gasteiger partial charge is 0.229 e. The Hall–Kier alpha value is -1.49. The van der Waals surface area contributed by atoms with Crippen molar-refractivity contribution in [2.24, 2.45) is 0 Å². The van der Waals surface area contributed by atoms with E-state index in [1.165, 1.54) is 4.90 Å². The Morgan fingerprint density at radius 1 is 1.19 bits per heavy atom. The molecule has 0 bridgehead atoms. The van der Waals surface area contributed by atoms with E-state index in [1.54, 1.807) is 12.1 Å². The van der Waals surface area contributed by atoms with Crippen LogP contribution in [0, 0.1) is 0 Å². The minimum atomic E-state index is -0.145. The number of nitrogens with zero attached hydrogens (tertiary/aromatic N) is 3. The first-order valence-electron chi connectivity index (χ1n) is 4.98. The summed E-state index contributed by atoms with van der Waals surface area (Å²) >= 11 is 5.59. The molecule has 1 aliphatic rings. The molecule has 1 aromatic rings. The van der Waals surface area contributed by atoms with Crippen molar-refractivity contribution in [3.05, 3.63) is 23.0 Å². The molecule has 0 unspecified atom stereocenters. The molecule has 2 heterocycles. The Balaban J connectivity index is 2.10. The van der Waals surface area contributed by atoms with E-state index in [1.807, 2.05) is 0 Å². The lowest BCUT2D eigenvalue weighted by atomic mass is 10.1. The first kappa shape index (κ1) is 11.0. The average molecular weight is 240 g/mol. The van der Waals surface area contributed by atoms with E-state index < -0.39 is 0 Å². The van der Waals surface area contributed by atoms with Gasteiger partial charge in [0.15, 0.2) is 5.15 Å². The number of carbonyl (C=O) groups excluding carboxylic acids is 2. The fourth-order valence-corrected chi connectivity index (χ4v) is 1.67. The average Bonchev–Trinajstić information content (AvgIpc) is 2.26. The standard InChI is InChI=1S/C10H10ClN3O2/c11-8-5-4-7(12-13-8)6-14-9(15)2-1-3-10(14)16/h4-5H,1-3,6H2. The lowest BCUT2D eigenvalue weighted by molar-refractivity contribution is -0.148. The van der Waals surface area contributed by atoms with E-state index in [4.69, 9.17) is 11.6 Å². The second-order valence-electron chi connectivity index (χ2n) is 3.57. The molecule has 0 spiro atoms. The van der Waals surface area contributed by atoms with E-state index in [2.05, 4.69) is 10.2 Å². The highest BCUT2D eigenvalue weighted by Gasteiger charge is 2.26. The van der Waals surface area contributed by atoms with Crippen LogP contribution in [0.15, 0.2) is 12.1 Å². The van der Waals surface area contributed by atoms with Gasteiger partial charge in [-0.25, -0.2) is 0 Å². The van der Waals surface area contributed by atoms with Gasteiger partial charge in [-0.05, 0) is 18.6 Å². The minimum Gasteiger partial charge on any atom is -0.276 e. The maximum atomic E-state index is 11.5. The number of imide groups is 1. The predicted octanol–water partition coefficient (Wildman–Crippen LogP) is 1.17. The number of hydrogen-bond donors (Lipinski definition) is 0. The maximum Gasteiger partial charge on any atom is 0.229 e. The van der Waals surface area contributed by atoms with Crippen LogP contribution in [-0.4, -0.2) is 26.9 Å². The van der Waals surface area contributed by atoms with Crippen molar-refractivity contribution < 1.29 is 9.59 Å². The Kier molecular flexibility index (Phi) is 3.14. The number of rotatable bonds is 2. The van der Waals surface area contributed by atoms with Gasteiger partial charge in [0.1, 0.15) is 0 Å². The van der Waals surface area contributed by atoms with Gasteiger partial charge in [-0.15, -0.1) is 5.10 Å². The van der Waals surface area contributed by atoms with Crippen molar-refractivity contribution in [1.82, 2.24) is 15.1 Å². The lowest BCUT2D eigenvalue weighted by Gasteiger charge is -2.24. The molecule has 1 aromatic heterocycles. The molecular formula is C10H10ClN3O2.